The molecule has 10 heteroatoms. The maximum Gasteiger partial charge on any atom is 0.433 e. The Morgan fingerprint density at radius 1 is 1.10 bits per heavy atom. The molecule has 0 spiro atoms. The summed E-state index contributed by atoms with van der Waals surface area (Å²) in [6, 6.07) is 9.78. The number of carbonyl (C=O) groups is 1. The molecule has 0 aliphatic heterocycles. The van der Waals surface area contributed by atoms with E-state index in [2.05, 4.69) is 25.6 Å². The maximum atomic E-state index is 12.8. The van der Waals surface area contributed by atoms with E-state index in [1.54, 1.807) is 24.4 Å². The monoisotopic (exact) mass is 417 g/mol. The number of pyridine rings is 1. The van der Waals surface area contributed by atoms with Gasteiger partial charge in [0.15, 0.2) is 0 Å². The highest BCUT2D eigenvalue weighted by atomic mass is 19.4. The smallest absolute Gasteiger partial charge is 0.433 e. The molecule has 2 aromatic heterocycles. The molecule has 2 heterocycles. The lowest BCUT2D eigenvalue weighted by Gasteiger charge is -2.11. The third-order valence-corrected chi connectivity index (χ3v) is 4.02. The van der Waals surface area contributed by atoms with E-state index >= 15 is 0 Å². The van der Waals surface area contributed by atoms with Crippen molar-refractivity contribution in [3.05, 3.63) is 60.0 Å². The third kappa shape index (κ3) is 5.66. The third-order valence-electron chi connectivity index (χ3n) is 4.02. The van der Waals surface area contributed by atoms with Crippen molar-refractivity contribution in [3.63, 3.8) is 0 Å². The van der Waals surface area contributed by atoms with E-state index in [4.69, 9.17) is 5.11 Å². The van der Waals surface area contributed by atoms with Crippen LogP contribution in [0.2, 0.25) is 0 Å². The summed E-state index contributed by atoms with van der Waals surface area (Å²) in [6.07, 6.45) is -1.89. The second-order valence-electron chi connectivity index (χ2n) is 6.48. The molecule has 0 unspecified atom stereocenters. The number of rotatable bonds is 7. The lowest BCUT2D eigenvalue weighted by atomic mass is 10.0. The molecule has 156 valence electrons. The first-order valence-corrected chi connectivity index (χ1v) is 8.92. The van der Waals surface area contributed by atoms with Gasteiger partial charge in [0.1, 0.15) is 11.5 Å². The van der Waals surface area contributed by atoms with Crippen LogP contribution in [0.1, 0.15) is 17.7 Å². The van der Waals surface area contributed by atoms with Gasteiger partial charge in [0.2, 0.25) is 5.95 Å². The second kappa shape index (κ2) is 8.76. The van der Waals surface area contributed by atoms with Crippen LogP contribution in [-0.2, 0) is 11.0 Å². The molecule has 0 radical (unpaired) electrons. The summed E-state index contributed by atoms with van der Waals surface area (Å²) < 4.78 is 38.5. The number of benzene rings is 1. The van der Waals surface area contributed by atoms with E-state index < -0.39 is 17.8 Å². The van der Waals surface area contributed by atoms with Gasteiger partial charge in [0.25, 0.3) is 0 Å². The zero-order valence-electron chi connectivity index (χ0n) is 15.9. The molecular weight excluding hydrogens is 399 g/mol. The topological polar surface area (TPSA) is 100 Å². The molecule has 0 fully saturated rings. The molecule has 7 nitrogen and oxygen atoms in total. The Kier molecular flexibility index (Phi) is 6.14. The van der Waals surface area contributed by atoms with Crippen molar-refractivity contribution < 1.29 is 23.1 Å². The van der Waals surface area contributed by atoms with Gasteiger partial charge in [0, 0.05) is 30.2 Å². The predicted molar refractivity (Wildman–Crippen MR) is 105 cm³/mol. The van der Waals surface area contributed by atoms with Gasteiger partial charge < -0.3 is 15.7 Å². The summed E-state index contributed by atoms with van der Waals surface area (Å²) >= 11 is 0. The van der Waals surface area contributed by atoms with Gasteiger partial charge in [-0.25, -0.2) is 15.0 Å². The lowest BCUT2D eigenvalue weighted by molar-refractivity contribution is -0.141. The van der Waals surface area contributed by atoms with Crippen molar-refractivity contribution in [2.24, 2.45) is 0 Å². The molecule has 0 aliphatic rings. The molecule has 3 N–H and O–H groups in total. The van der Waals surface area contributed by atoms with E-state index in [0.29, 0.717) is 11.5 Å². The van der Waals surface area contributed by atoms with Gasteiger partial charge in [-0.1, -0.05) is 6.07 Å². The number of aromatic nitrogens is 3. The van der Waals surface area contributed by atoms with E-state index in [1.807, 2.05) is 19.1 Å². The molecular formula is C20H18F3N5O2. The number of carboxylic acid groups (broad SMARTS) is 1. The average molecular weight is 417 g/mol. The number of aliphatic carboxylic acids is 1. The van der Waals surface area contributed by atoms with Crippen molar-refractivity contribution >= 4 is 23.4 Å². The number of nitrogens with zero attached hydrogens (tertiary/aromatic N) is 3. The molecule has 0 amide bonds. The van der Waals surface area contributed by atoms with Crippen molar-refractivity contribution in [2.45, 2.75) is 19.5 Å². The fourth-order valence-corrected chi connectivity index (χ4v) is 2.69. The van der Waals surface area contributed by atoms with Gasteiger partial charge in [-0.15, -0.1) is 0 Å². The highest BCUT2D eigenvalue weighted by Crippen LogP contribution is 2.29. The molecule has 3 aromatic rings. The number of carboxylic acids is 1. The number of hydrogen-bond acceptors (Lipinski definition) is 6. The van der Waals surface area contributed by atoms with Crippen LogP contribution in [-0.4, -0.2) is 32.6 Å². The van der Waals surface area contributed by atoms with E-state index in [0.717, 1.165) is 29.0 Å². The molecule has 30 heavy (non-hydrogen) atoms. The van der Waals surface area contributed by atoms with E-state index in [1.165, 1.54) is 0 Å². The standard InChI is InChI=1S/C20H18F3N5O2/c1-12-8-14(13-2-3-17(26-11-13)24-7-5-18(29)30)10-15(9-12)27-19-25-6-4-16(28-19)20(21,22)23/h2-4,6,8-11H,5,7H2,1H3,(H,24,26)(H,29,30)(H,25,27,28). The molecule has 0 aliphatic carbocycles. The quantitative estimate of drug-likeness (QED) is 0.521. The summed E-state index contributed by atoms with van der Waals surface area (Å²) in [5.41, 5.74) is 1.98. The Hall–Kier alpha value is -3.69. The Bertz CT molecular complexity index is 1040. The SMILES string of the molecule is Cc1cc(Nc2nccc(C(F)(F)F)n2)cc(-c2ccc(NCCC(=O)O)nc2)c1. The van der Waals surface area contributed by atoms with Crippen LogP contribution in [0.5, 0.6) is 0 Å². The first kappa shape index (κ1) is 21.0. The molecule has 1 aromatic carbocycles. The Morgan fingerprint density at radius 3 is 2.57 bits per heavy atom. The zero-order valence-corrected chi connectivity index (χ0v) is 15.9. The second-order valence-corrected chi connectivity index (χ2v) is 6.48. The molecule has 0 saturated heterocycles. The van der Waals surface area contributed by atoms with Crippen molar-refractivity contribution in [2.75, 3.05) is 17.2 Å². The van der Waals surface area contributed by atoms with Crippen LogP contribution in [0.15, 0.2) is 48.8 Å². The minimum Gasteiger partial charge on any atom is -0.481 e. The van der Waals surface area contributed by atoms with Crippen molar-refractivity contribution in [3.8, 4) is 11.1 Å². The molecule has 0 atom stereocenters. The molecule has 0 bridgehead atoms. The van der Waals surface area contributed by atoms with E-state index in [9.17, 15) is 18.0 Å². The normalized spacial score (nSPS) is 11.2. The molecule has 3 rings (SSSR count). The highest BCUT2D eigenvalue weighted by molar-refractivity contribution is 5.71. The van der Waals surface area contributed by atoms with Crippen molar-refractivity contribution in [1.82, 2.24) is 15.0 Å². The van der Waals surface area contributed by atoms with Crippen LogP contribution in [0.3, 0.4) is 0 Å². The first-order chi connectivity index (χ1) is 14.2. The van der Waals surface area contributed by atoms with Gasteiger partial charge in [-0.2, -0.15) is 13.2 Å². The predicted octanol–water partition coefficient (Wildman–Crippen LogP) is 4.50. The van der Waals surface area contributed by atoms with Crippen LogP contribution in [0.25, 0.3) is 11.1 Å². The fraction of sp³-hybridized carbons (Fsp3) is 0.200. The minimum absolute atomic E-state index is 0.0199. The van der Waals surface area contributed by atoms with Gasteiger partial charge in [-0.05, 0) is 48.4 Å². The Labute approximate surface area is 170 Å². The summed E-state index contributed by atoms with van der Waals surface area (Å²) in [5, 5.41) is 14.4. The molecule has 0 saturated carbocycles. The zero-order chi connectivity index (χ0) is 21.7. The number of alkyl halides is 3. The van der Waals surface area contributed by atoms with Gasteiger partial charge in [0.05, 0.1) is 6.42 Å². The largest absolute Gasteiger partial charge is 0.481 e. The number of nitrogens with one attached hydrogen (secondary N) is 2. The van der Waals surface area contributed by atoms with Crippen LogP contribution in [0.4, 0.5) is 30.6 Å². The maximum absolute atomic E-state index is 12.8. The van der Waals surface area contributed by atoms with Crippen LogP contribution in [0, 0.1) is 6.92 Å². The van der Waals surface area contributed by atoms with Gasteiger partial charge >= 0.3 is 12.1 Å². The fourth-order valence-electron chi connectivity index (χ4n) is 2.69. The number of halogens is 3. The summed E-state index contributed by atoms with van der Waals surface area (Å²) in [4.78, 5) is 22.2. The Balaban J connectivity index is 1.78. The Morgan fingerprint density at radius 2 is 1.90 bits per heavy atom. The van der Waals surface area contributed by atoms with E-state index in [-0.39, 0.29) is 18.9 Å². The van der Waals surface area contributed by atoms with Crippen LogP contribution >= 0.6 is 0 Å². The number of anilines is 3. The van der Waals surface area contributed by atoms with Crippen molar-refractivity contribution in [1.29, 1.82) is 0 Å². The van der Waals surface area contributed by atoms with Gasteiger partial charge in [-0.3, -0.25) is 4.79 Å². The highest BCUT2D eigenvalue weighted by Gasteiger charge is 2.32. The first-order valence-electron chi connectivity index (χ1n) is 8.92. The number of hydrogen-bond donors (Lipinski definition) is 3. The van der Waals surface area contributed by atoms with Crippen LogP contribution < -0.4 is 10.6 Å². The summed E-state index contributed by atoms with van der Waals surface area (Å²) in [6.45, 7) is 2.12. The summed E-state index contributed by atoms with van der Waals surface area (Å²) in [5.74, 6) is -0.510. The summed E-state index contributed by atoms with van der Waals surface area (Å²) in [7, 11) is 0. The average Bonchev–Trinajstić information content (AvgIpc) is 2.67. The number of aryl methyl sites for hydroxylation is 1. The lowest BCUT2D eigenvalue weighted by Crippen LogP contribution is -2.10. The minimum atomic E-state index is -4.55.